The van der Waals surface area contributed by atoms with Crippen molar-refractivity contribution in [3.63, 3.8) is 0 Å². The third-order valence-electron chi connectivity index (χ3n) is 12.8. The number of fused-ring (bicyclic) bond motifs is 4. The van der Waals surface area contributed by atoms with E-state index in [4.69, 9.17) is 21.1 Å². The molecule has 2 aromatic rings. The normalized spacial score (nSPS) is 32.4. The van der Waals surface area contributed by atoms with Gasteiger partial charge in [0.25, 0.3) is 5.91 Å². The zero-order chi connectivity index (χ0) is 36.5. The van der Waals surface area contributed by atoms with Gasteiger partial charge < -0.3 is 14.4 Å². The Morgan fingerprint density at radius 3 is 2.62 bits per heavy atom. The molecule has 52 heavy (non-hydrogen) atoms. The van der Waals surface area contributed by atoms with Crippen molar-refractivity contribution in [1.29, 1.82) is 0 Å². The van der Waals surface area contributed by atoms with Gasteiger partial charge in [0.2, 0.25) is 10.0 Å². The highest BCUT2D eigenvalue weighted by Gasteiger charge is 2.49. The molecule has 1 saturated carbocycles. The minimum atomic E-state index is -3.90. The molecule has 1 N–H and O–H groups in total. The number of benzene rings is 2. The van der Waals surface area contributed by atoms with E-state index in [9.17, 15) is 13.2 Å². The Kier molecular flexibility index (Phi) is 11.6. The summed E-state index contributed by atoms with van der Waals surface area (Å²) in [5.74, 6) is 0.342. The number of allylic oxidation sites excluding steroid dienone is 1. The Labute approximate surface area is 316 Å². The number of aryl methyl sites for hydroxylation is 1. The van der Waals surface area contributed by atoms with E-state index < -0.39 is 21.5 Å². The molecule has 2 aromatic carbocycles. The Balaban J connectivity index is 1.25. The number of amides is 1. The van der Waals surface area contributed by atoms with Crippen molar-refractivity contribution >= 4 is 33.2 Å². The number of anilines is 1. The van der Waals surface area contributed by atoms with Crippen molar-refractivity contribution in [1.82, 2.24) is 14.5 Å². The average Bonchev–Trinajstić information content (AvgIpc) is 3.14. The first kappa shape index (κ1) is 37.7. The van der Waals surface area contributed by atoms with Crippen LogP contribution in [0.25, 0.3) is 0 Å². The number of carbonyl (C=O) groups excluding carboxylic acids is 1. The van der Waals surface area contributed by atoms with Gasteiger partial charge >= 0.3 is 0 Å². The van der Waals surface area contributed by atoms with E-state index in [1.807, 2.05) is 44.4 Å². The number of nitrogens with one attached hydrogen (secondary N) is 1. The van der Waals surface area contributed by atoms with Crippen molar-refractivity contribution < 1.29 is 22.7 Å². The molecule has 4 heterocycles. The van der Waals surface area contributed by atoms with Crippen LogP contribution >= 0.6 is 11.6 Å². The standard InChI is InChI=1S/C41H57ClN4O5S/c1-29-16-17-41(50-3,28-44-20-21-45-18-7-5-9-36(45)25-44)37-14-11-33(37)24-46-19-6-4-8-31-22-35(42)13-10-34(31)26-51-39-15-12-32(23-38(39)46)40(47)43-52(48,49)27-30(29)2/h10,12-13,15-17,22-23,29-30,33,36-37H,4-9,11,14,18-21,24-28H2,1-3H3,(H,43,47)/b17-16+/t29-,30+,33-,36+,37+,41-/m0/s1. The monoisotopic (exact) mass is 752 g/mol. The first-order chi connectivity index (χ1) is 25.0. The predicted octanol–water partition coefficient (Wildman–Crippen LogP) is 6.54. The van der Waals surface area contributed by atoms with Gasteiger partial charge in [-0.15, -0.1) is 0 Å². The lowest BCUT2D eigenvalue weighted by Crippen LogP contribution is -2.61. The summed E-state index contributed by atoms with van der Waals surface area (Å²) < 4.78 is 42.5. The van der Waals surface area contributed by atoms with E-state index in [1.54, 1.807) is 6.07 Å². The number of piperidine rings is 1. The van der Waals surface area contributed by atoms with Crippen LogP contribution in [0.3, 0.4) is 0 Å². The average molecular weight is 753 g/mol. The molecule has 0 radical (unpaired) electrons. The fraction of sp³-hybridized carbons (Fsp3) is 0.634. The van der Waals surface area contributed by atoms with Crippen molar-refractivity contribution in [3.8, 4) is 5.75 Å². The van der Waals surface area contributed by atoms with Crippen LogP contribution in [0.2, 0.25) is 5.02 Å². The SMILES string of the molecule is CO[C@]1(CN2CCN3CCCC[C@@H]3C2)/C=C/[C@H](C)[C@H](C)CS(=O)(=O)NC(=O)c2ccc3c(c2)N(CCCCc2cc(Cl)ccc2CO3)C[C@@H]2CC[C@H]21. The molecule has 11 heteroatoms. The van der Waals surface area contributed by atoms with E-state index in [0.29, 0.717) is 29.9 Å². The molecule has 5 aliphatic rings. The number of ether oxygens (including phenoxy) is 2. The van der Waals surface area contributed by atoms with E-state index in [2.05, 4.69) is 38.5 Å². The summed E-state index contributed by atoms with van der Waals surface area (Å²) in [6, 6.07) is 11.9. The zero-order valence-electron chi connectivity index (χ0n) is 31.2. The van der Waals surface area contributed by atoms with Crippen LogP contribution < -0.4 is 14.4 Å². The lowest BCUT2D eigenvalue weighted by atomic mass is 9.63. The van der Waals surface area contributed by atoms with Gasteiger partial charge in [0.15, 0.2) is 0 Å². The maximum Gasteiger partial charge on any atom is 0.264 e. The second kappa shape index (κ2) is 16.0. The number of rotatable bonds is 3. The van der Waals surface area contributed by atoms with Crippen LogP contribution in [0.5, 0.6) is 5.75 Å². The van der Waals surface area contributed by atoms with Crippen LogP contribution in [0.1, 0.15) is 80.3 Å². The van der Waals surface area contributed by atoms with E-state index in [0.717, 1.165) is 87.6 Å². The summed E-state index contributed by atoms with van der Waals surface area (Å²) in [7, 11) is -2.03. The summed E-state index contributed by atoms with van der Waals surface area (Å²) in [6.45, 7) is 11.2. The molecule has 2 bridgehead atoms. The lowest BCUT2D eigenvalue weighted by Gasteiger charge is -2.53. The Bertz CT molecular complexity index is 1740. The summed E-state index contributed by atoms with van der Waals surface area (Å²) in [5, 5.41) is 0.723. The van der Waals surface area contributed by atoms with Gasteiger partial charge in [-0.05, 0) is 117 Å². The number of hydrogen-bond donors (Lipinski definition) is 1. The second-order valence-corrected chi connectivity index (χ2v) is 18.4. The minimum Gasteiger partial charge on any atom is -0.487 e. The molecule has 1 amide bonds. The first-order valence-corrected chi connectivity index (χ1v) is 21.6. The molecule has 0 aromatic heterocycles. The number of hydrogen-bond acceptors (Lipinski definition) is 8. The van der Waals surface area contributed by atoms with Crippen LogP contribution in [-0.4, -0.2) is 94.4 Å². The predicted molar refractivity (Wildman–Crippen MR) is 208 cm³/mol. The summed E-state index contributed by atoms with van der Waals surface area (Å²) in [6.07, 6.45) is 13.3. The van der Waals surface area contributed by atoms with Crippen LogP contribution in [0, 0.1) is 23.7 Å². The highest BCUT2D eigenvalue weighted by molar-refractivity contribution is 7.90. The summed E-state index contributed by atoms with van der Waals surface area (Å²) in [4.78, 5) is 21.3. The molecule has 9 nitrogen and oxygen atoms in total. The first-order valence-electron chi connectivity index (χ1n) is 19.6. The van der Waals surface area contributed by atoms with Gasteiger partial charge in [0.05, 0.1) is 11.4 Å². The molecule has 6 atom stereocenters. The van der Waals surface area contributed by atoms with Crippen LogP contribution in [0.4, 0.5) is 5.69 Å². The molecule has 0 unspecified atom stereocenters. The van der Waals surface area contributed by atoms with E-state index in [-0.39, 0.29) is 23.5 Å². The maximum absolute atomic E-state index is 13.6. The van der Waals surface area contributed by atoms with Gasteiger partial charge in [-0.1, -0.05) is 50.1 Å². The largest absolute Gasteiger partial charge is 0.487 e. The molecular weight excluding hydrogens is 696 g/mol. The van der Waals surface area contributed by atoms with Crippen LogP contribution in [-0.2, 0) is 27.8 Å². The van der Waals surface area contributed by atoms with Gasteiger partial charge in [-0.3, -0.25) is 14.6 Å². The lowest BCUT2D eigenvalue weighted by molar-refractivity contribution is -0.100. The maximum atomic E-state index is 13.6. The molecular formula is C41H57ClN4O5S. The molecule has 0 spiro atoms. The van der Waals surface area contributed by atoms with Crippen molar-refractivity contribution in [2.75, 3.05) is 63.6 Å². The van der Waals surface area contributed by atoms with Crippen molar-refractivity contribution in [3.05, 3.63) is 70.3 Å². The van der Waals surface area contributed by atoms with Crippen molar-refractivity contribution in [2.45, 2.75) is 83.5 Å². The van der Waals surface area contributed by atoms with Gasteiger partial charge in [-0.2, -0.15) is 0 Å². The summed E-state index contributed by atoms with van der Waals surface area (Å²) in [5.41, 5.74) is 2.93. The van der Waals surface area contributed by atoms with Gasteiger partial charge in [0, 0.05) is 63.0 Å². The fourth-order valence-corrected chi connectivity index (χ4v) is 11.0. The number of carbonyl (C=O) groups is 1. The highest BCUT2D eigenvalue weighted by atomic mass is 35.5. The molecule has 1 aliphatic carbocycles. The third-order valence-corrected chi connectivity index (χ3v) is 14.5. The highest BCUT2D eigenvalue weighted by Crippen LogP contribution is 2.47. The minimum absolute atomic E-state index is 0.0316. The number of halogens is 1. The molecule has 7 rings (SSSR count). The second-order valence-electron chi connectivity index (χ2n) is 16.2. The Hall–Kier alpha value is -2.63. The van der Waals surface area contributed by atoms with Crippen LogP contribution in [0.15, 0.2) is 48.6 Å². The number of nitrogens with zero attached hydrogens (tertiary/aromatic N) is 3. The molecule has 3 fully saturated rings. The fourth-order valence-electron chi connectivity index (χ4n) is 9.33. The van der Waals surface area contributed by atoms with Gasteiger partial charge in [-0.25, -0.2) is 13.1 Å². The van der Waals surface area contributed by atoms with Crippen molar-refractivity contribution in [2.24, 2.45) is 23.7 Å². The summed E-state index contributed by atoms with van der Waals surface area (Å²) >= 11 is 6.41. The Morgan fingerprint density at radius 1 is 0.962 bits per heavy atom. The number of sulfonamides is 1. The van der Waals surface area contributed by atoms with E-state index >= 15 is 0 Å². The quantitative estimate of drug-likeness (QED) is 0.354. The number of piperazine rings is 1. The molecule has 2 saturated heterocycles. The van der Waals surface area contributed by atoms with Gasteiger partial charge in [0.1, 0.15) is 18.0 Å². The molecule has 284 valence electrons. The Morgan fingerprint density at radius 2 is 1.81 bits per heavy atom. The molecule has 4 aliphatic heterocycles. The van der Waals surface area contributed by atoms with E-state index in [1.165, 1.54) is 31.4 Å². The zero-order valence-corrected chi connectivity index (χ0v) is 32.8. The number of methoxy groups -OCH3 is 1. The smallest absolute Gasteiger partial charge is 0.264 e. The third kappa shape index (κ3) is 8.36. The topological polar surface area (TPSA) is 91.4 Å².